The molecule has 0 aliphatic carbocycles. The number of anilines is 2. The van der Waals surface area contributed by atoms with Crippen molar-refractivity contribution in [3.8, 4) is 5.75 Å². The summed E-state index contributed by atoms with van der Waals surface area (Å²) >= 11 is 0. The van der Waals surface area contributed by atoms with Crippen LogP contribution in [0.3, 0.4) is 0 Å². The number of nitrogen functional groups attached to an aromatic ring is 2. The van der Waals surface area contributed by atoms with Gasteiger partial charge in [0.05, 0.1) is 27.4 Å². The summed E-state index contributed by atoms with van der Waals surface area (Å²) < 4.78 is 68.1. The first-order valence-corrected chi connectivity index (χ1v) is 13.6. The highest BCUT2D eigenvalue weighted by Gasteiger charge is 2.28. The highest BCUT2D eigenvalue weighted by atomic mass is 32.2. The van der Waals surface area contributed by atoms with E-state index in [-0.39, 0.29) is 27.8 Å². The molecule has 0 fully saturated rings. The van der Waals surface area contributed by atoms with Crippen molar-refractivity contribution in [1.29, 1.82) is 0 Å². The maximum Gasteiger partial charge on any atom is 0.296 e. The Morgan fingerprint density at radius 3 is 1.65 bits per heavy atom. The first-order chi connectivity index (χ1) is 18.7. The maximum absolute atomic E-state index is 12.1. The van der Waals surface area contributed by atoms with Crippen molar-refractivity contribution in [1.82, 2.24) is 0 Å². The predicted octanol–water partition coefficient (Wildman–Crippen LogP) is 4.94. The zero-order valence-corrected chi connectivity index (χ0v) is 21.4. The Bertz CT molecular complexity index is 1940. The molecule has 4 aromatic carbocycles. The average molecular weight is 588 g/mol. The van der Waals surface area contributed by atoms with E-state index in [0.717, 1.165) is 24.3 Å². The summed E-state index contributed by atoms with van der Waals surface area (Å²) in [4.78, 5) is 8.32. The highest BCUT2D eigenvalue weighted by Crippen LogP contribution is 2.48. The van der Waals surface area contributed by atoms with E-state index in [1.165, 1.54) is 36.4 Å². The predicted molar refractivity (Wildman–Crippen MR) is 142 cm³/mol. The minimum Gasteiger partial charge on any atom is -0.505 e. The summed E-state index contributed by atoms with van der Waals surface area (Å²) in [6.45, 7) is 0. The lowest BCUT2D eigenvalue weighted by Crippen LogP contribution is -2.03. The number of phenolic OH excluding ortho intramolecular Hbond substituents is 1. The van der Waals surface area contributed by atoms with E-state index in [9.17, 15) is 41.2 Å². The second-order valence-corrected chi connectivity index (χ2v) is 10.8. The Balaban J connectivity index is 1.98. The zero-order valence-electron chi connectivity index (χ0n) is 19.8. The van der Waals surface area contributed by atoms with Gasteiger partial charge in [-0.25, -0.2) is 0 Å². The normalized spacial score (nSPS) is 12.4. The third kappa shape index (κ3) is 5.68. The number of benzene rings is 4. The van der Waals surface area contributed by atoms with E-state index < -0.39 is 57.8 Å². The number of hydrogen-bond donors (Lipinski definition) is 5. The van der Waals surface area contributed by atoms with Gasteiger partial charge in [0, 0.05) is 17.8 Å². The average Bonchev–Trinajstić information content (AvgIpc) is 2.87. The van der Waals surface area contributed by atoms with Gasteiger partial charge in [-0.15, -0.1) is 10.2 Å². The number of aromatic hydroxyl groups is 1. The molecule has 0 saturated heterocycles. The molecule has 0 atom stereocenters. The molecular weight excluding hydrogens is 570 g/mol. The van der Waals surface area contributed by atoms with E-state index in [4.69, 9.17) is 11.5 Å². The molecule has 206 valence electrons. The van der Waals surface area contributed by atoms with Crippen LogP contribution in [0.15, 0.2) is 90.9 Å². The highest BCUT2D eigenvalue weighted by molar-refractivity contribution is 7.86. The number of nitrogens with zero attached hydrogens (tertiary/aromatic N) is 5. The second kappa shape index (κ2) is 10.3. The van der Waals surface area contributed by atoms with Crippen LogP contribution in [-0.4, -0.2) is 36.0 Å². The molecule has 4 rings (SSSR count). The number of hydrogen-bond acceptors (Lipinski definition) is 13. The fourth-order valence-corrected chi connectivity index (χ4v) is 4.83. The smallest absolute Gasteiger partial charge is 0.296 e. The van der Waals surface area contributed by atoms with Crippen LogP contribution in [0.25, 0.3) is 10.8 Å². The van der Waals surface area contributed by atoms with Gasteiger partial charge in [-0.05, 0) is 53.9 Å². The Kier molecular flexibility index (Phi) is 7.18. The number of nitrogens with two attached hydrogens (primary N) is 2. The molecule has 0 unspecified atom stereocenters. The Labute approximate surface area is 225 Å². The van der Waals surface area contributed by atoms with E-state index in [1.54, 1.807) is 0 Å². The number of nitro groups is 1. The van der Waals surface area contributed by atoms with Crippen molar-refractivity contribution < 1.29 is 36.0 Å². The van der Waals surface area contributed by atoms with E-state index in [0.29, 0.717) is 5.69 Å². The van der Waals surface area contributed by atoms with Crippen LogP contribution in [0.1, 0.15) is 0 Å². The molecule has 40 heavy (non-hydrogen) atoms. The SMILES string of the molecule is Nc1ccc(/N=N/c2c(S(=O)(=O)O)cc3cc(S(=O)(=O)O)c(/N=N/c4ccc([N+](=O)[O-])cc4)c(O)c3c2N)cc1. The molecule has 16 nitrogen and oxygen atoms in total. The van der Waals surface area contributed by atoms with Gasteiger partial charge in [-0.3, -0.25) is 19.2 Å². The summed E-state index contributed by atoms with van der Waals surface area (Å²) in [6, 6.07) is 12.0. The largest absolute Gasteiger partial charge is 0.505 e. The fourth-order valence-electron chi connectivity index (χ4n) is 3.50. The summed E-state index contributed by atoms with van der Waals surface area (Å²) in [5, 5.41) is 36.3. The number of fused-ring (bicyclic) bond motifs is 1. The van der Waals surface area contributed by atoms with Crippen molar-refractivity contribution in [3.05, 3.63) is 70.8 Å². The van der Waals surface area contributed by atoms with Crippen molar-refractivity contribution in [2.45, 2.75) is 9.79 Å². The molecule has 18 heteroatoms. The number of non-ortho nitro benzene ring substituents is 1. The standard InChI is InChI=1S/C22H17N7O9S2/c23-12-1-3-13(4-2-12)25-27-20-16(39(33,34)35)9-11-10-17(40(36,37)38)21(22(30)18(11)19(20)24)28-26-14-5-7-15(8-6-14)29(31)32/h1-10,30H,23-24H2,(H,33,34,35)(H,36,37,38)/b27-25+,28-26+. The Morgan fingerprint density at radius 2 is 1.18 bits per heavy atom. The third-order valence-electron chi connectivity index (χ3n) is 5.35. The molecule has 0 aliphatic rings. The summed E-state index contributed by atoms with van der Waals surface area (Å²) in [5.74, 6) is -0.945. The third-order valence-corrected chi connectivity index (χ3v) is 7.09. The minimum atomic E-state index is -5.10. The molecule has 0 heterocycles. The molecule has 0 radical (unpaired) electrons. The van der Waals surface area contributed by atoms with E-state index in [2.05, 4.69) is 20.5 Å². The minimum absolute atomic E-state index is 0.0130. The van der Waals surface area contributed by atoms with Gasteiger partial charge in [-0.2, -0.15) is 27.1 Å². The molecule has 0 aliphatic heterocycles. The number of azo groups is 2. The van der Waals surface area contributed by atoms with Crippen molar-refractivity contribution in [2.75, 3.05) is 11.5 Å². The van der Waals surface area contributed by atoms with E-state index >= 15 is 0 Å². The molecule has 7 N–H and O–H groups in total. The number of nitro benzene ring substituents is 1. The molecular formula is C22H17N7O9S2. The van der Waals surface area contributed by atoms with Gasteiger partial charge in [0.25, 0.3) is 25.9 Å². The molecule has 0 amide bonds. The molecule has 4 aromatic rings. The first kappa shape index (κ1) is 28.0. The van der Waals surface area contributed by atoms with Gasteiger partial charge in [0.15, 0.2) is 5.75 Å². The molecule has 0 saturated carbocycles. The van der Waals surface area contributed by atoms with Crippen LogP contribution in [-0.2, 0) is 20.2 Å². The fraction of sp³-hybridized carbons (Fsp3) is 0. The van der Waals surface area contributed by atoms with Gasteiger partial charge in [-0.1, -0.05) is 0 Å². The summed E-state index contributed by atoms with van der Waals surface area (Å²) in [5.41, 5.74) is 10.2. The lowest BCUT2D eigenvalue weighted by atomic mass is 10.1. The monoisotopic (exact) mass is 587 g/mol. The van der Waals surface area contributed by atoms with Gasteiger partial charge < -0.3 is 16.6 Å². The quantitative estimate of drug-likeness (QED) is 0.0634. The molecule has 0 spiro atoms. The number of phenols is 1. The number of rotatable bonds is 7. The lowest BCUT2D eigenvalue weighted by Gasteiger charge is -2.14. The Morgan fingerprint density at radius 1 is 0.725 bits per heavy atom. The molecule has 0 bridgehead atoms. The van der Waals surface area contributed by atoms with Gasteiger partial charge in [0.2, 0.25) is 0 Å². The van der Waals surface area contributed by atoms with Gasteiger partial charge in [0.1, 0.15) is 21.2 Å². The van der Waals surface area contributed by atoms with Crippen molar-refractivity contribution >= 4 is 70.8 Å². The van der Waals surface area contributed by atoms with Crippen LogP contribution in [0.2, 0.25) is 0 Å². The van der Waals surface area contributed by atoms with Crippen LogP contribution in [0.5, 0.6) is 5.75 Å². The van der Waals surface area contributed by atoms with Crippen LogP contribution in [0.4, 0.5) is 39.8 Å². The topological polar surface area (TPSA) is 274 Å². The maximum atomic E-state index is 12.1. The van der Waals surface area contributed by atoms with E-state index in [1.807, 2.05) is 0 Å². The zero-order chi connectivity index (χ0) is 29.4. The Hall–Kier alpha value is -5.04. The first-order valence-electron chi connectivity index (χ1n) is 10.7. The van der Waals surface area contributed by atoms with Crippen molar-refractivity contribution in [2.24, 2.45) is 20.5 Å². The van der Waals surface area contributed by atoms with Crippen LogP contribution in [0, 0.1) is 10.1 Å². The summed E-state index contributed by atoms with van der Waals surface area (Å²) in [7, 11) is -10.1. The van der Waals surface area contributed by atoms with Gasteiger partial charge >= 0.3 is 0 Å². The van der Waals surface area contributed by atoms with Crippen molar-refractivity contribution in [3.63, 3.8) is 0 Å². The second-order valence-electron chi connectivity index (χ2n) is 8.02. The molecule has 0 aromatic heterocycles. The van der Waals surface area contributed by atoms with Crippen LogP contribution >= 0.6 is 0 Å². The van der Waals surface area contributed by atoms with Crippen LogP contribution < -0.4 is 11.5 Å². The lowest BCUT2D eigenvalue weighted by molar-refractivity contribution is -0.384. The summed E-state index contributed by atoms with van der Waals surface area (Å²) in [6.07, 6.45) is 0.